The first-order valence-corrected chi connectivity index (χ1v) is 11.6. The molecule has 2 N–H and O–H groups in total. The van der Waals surface area contributed by atoms with Crippen molar-refractivity contribution < 1.29 is 14.3 Å². The van der Waals surface area contributed by atoms with Gasteiger partial charge >= 0.3 is 0 Å². The number of carbonyl (C=O) groups is 2. The Hall–Kier alpha value is -4.40. The molecule has 0 atom stereocenters. The summed E-state index contributed by atoms with van der Waals surface area (Å²) in [6, 6.07) is 19.2. The van der Waals surface area contributed by atoms with Gasteiger partial charge in [0.2, 0.25) is 0 Å². The molecule has 2 amide bonds. The minimum atomic E-state index is -0.690. The molecule has 9 heteroatoms. The SMILES string of the molecule is CCOc1ccccc1N1CCN(C(=O)c2cc(-c3ccccc3)nc3c(C(N)=O)ncn23)CC1. The summed E-state index contributed by atoms with van der Waals surface area (Å²) in [6.07, 6.45) is 1.43. The molecule has 0 unspecified atom stereocenters. The minimum absolute atomic E-state index is 0.0363. The van der Waals surface area contributed by atoms with E-state index in [1.54, 1.807) is 10.5 Å². The molecule has 5 rings (SSSR count). The van der Waals surface area contributed by atoms with E-state index in [-0.39, 0.29) is 17.2 Å². The van der Waals surface area contributed by atoms with E-state index in [9.17, 15) is 9.59 Å². The molecule has 1 aliphatic rings. The van der Waals surface area contributed by atoms with E-state index in [0.717, 1.165) is 17.0 Å². The van der Waals surface area contributed by atoms with Gasteiger partial charge in [0, 0.05) is 31.7 Å². The van der Waals surface area contributed by atoms with Gasteiger partial charge in [-0.05, 0) is 25.1 Å². The highest BCUT2D eigenvalue weighted by atomic mass is 16.5. The third-order valence-electron chi connectivity index (χ3n) is 6.10. The molecule has 178 valence electrons. The maximum absolute atomic E-state index is 13.7. The second-order valence-corrected chi connectivity index (χ2v) is 8.22. The Bertz CT molecular complexity index is 1380. The number of piperazine rings is 1. The van der Waals surface area contributed by atoms with Crippen molar-refractivity contribution in [2.75, 3.05) is 37.7 Å². The lowest BCUT2D eigenvalue weighted by Gasteiger charge is -2.36. The smallest absolute Gasteiger partial charge is 0.271 e. The molecule has 35 heavy (non-hydrogen) atoms. The fourth-order valence-electron chi connectivity index (χ4n) is 4.37. The number of carbonyl (C=O) groups excluding carboxylic acids is 2. The van der Waals surface area contributed by atoms with E-state index in [1.165, 1.54) is 6.33 Å². The monoisotopic (exact) mass is 470 g/mol. The van der Waals surface area contributed by atoms with Crippen molar-refractivity contribution in [2.45, 2.75) is 6.92 Å². The second-order valence-electron chi connectivity index (χ2n) is 8.22. The average molecular weight is 471 g/mol. The van der Waals surface area contributed by atoms with Gasteiger partial charge in [-0.1, -0.05) is 42.5 Å². The fourth-order valence-corrected chi connectivity index (χ4v) is 4.37. The number of rotatable bonds is 6. The van der Waals surface area contributed by atoms with Crippen LogP contribution < -0.4 is 15.4 Å². The van der Waals surface area contributed by atoms with Gasteiger partial charge in [-0.3, -0.25) is 14.0 Å². The van der Waals surface area contributed by atoms with Gasteiger partial charge in [-0.25, -0.2) is 9.97 Å². The number of amides is 2. The first kappa shape index (κ1) is 22.4. The van der Waals surface area contributed by atoms with Crippen LogP contribution in [0.3, 0.4) is 0 Å². The van der Waals surface area contributed by atoms with Crippen LogP contribution in [0.1, 0.15) is 27.9 Å². The maximum atomic E-state index is 13.7. The third kappa shape index (κ3) is 4.28. The van der Waals surface area contributed by atoms with Gasteiger partial charge in [-0.15, -0.1) is 0 Å². The highest BCUT2D eigenvalue weighted by Crippen LogP contribution is 2.29. The van der Waals surface area contributed by atoms with Gasteiger partial charge < -0.3 is 20.3 Å². The Labute approximate surface area is 202 Å². The zero-order valence-electron chi connectivity index (χ0n) is 19.4. The van der Waals surface area contributed by atoms with Crippen LogP contribution in [0.2, 0.25) is 0 Å². The summed E-state index contributed by atoms with van der Waals surface area (Å²) in [6.45, 7) is 4.99. The van der Waals surface area contributed by atoms with Gasteiger partial charge in [0.15, 0.2) is 11.3 Å². The normalized spacial score (nSPS) is 13.7. The Kier molecular flexibility index (Phi) is 6.05. The molecule has 0 aliphatic carbocycles. The van der Waals surface area contributed by atoms with Gasteiger partial charge in [-0.2, -0.15) is 0 Å². The summed E-state index contributed by atoms with van der Waals surface area (Å²) in [7, 11) is 0. The average Bonchev–Trinajstić information content (AvgIpc) is 3.33. The zero-order chi connectivity index (χ0) is 24.4. The lowest BCUT2D eigenvalue weighted by molar-refractivity contribution is 0.0738. The maximum Gasteiger partial charge on any atom is 0.271 e. The number of ether oxygens (including phenoxy) is 1. The van der Waals surface area contributed by atoms with Crippen LogP contribution >= 0.6 is 0 Å². The van der Waals surface area contributed by atoms with Gasteiger partial charge in [0.05, 0.1) is 18.0 Å². The lowest BCUT2D eigenvalue weighted by Crippen LogP contribution is -2.49. The van der Waals surface area contributed by atoms with Crippen molar-refractivity contribution >= 4 is 23.1 Å². The van der Waals surface area contributed by atoms with Crippen LogP contribution in [0, 0.1) is 0 Å². The van der Waals surface area contributed by atoms with Gasteiger partial charge in [0.1, 0.15) is 17.8 Å². The first-order chi connectivity index (χ1) is 17.1. The predicted molar refractivity (Wildman–Crippen MR) is 133 cm³/mol. The lowest BCUT2D eigenvalue weighted by atomic mass is 10.1. The molecule has 3 heterocycles. The number of fused-ring (bicyclic) bond motifs is 1. The molecule has 2 aromatic heterocycles. The molecule has 1 aliphatic heterocycles. The number of hydrogen-bond donors (Lipinski definition) is 1. The van der Waals surface area contributed by atoms with E-state index in [4.69, 9.17) is 10.5 Å². The van der Waals surface area contributed by atoms with Crippen LogP contribution in [-0.2, 0) is 0 Å². The second kappa shape index (κ2) is 9.46. The minimum Gasteiger partial charge on any atom is -0.492 e. The summed E-state index contributed by atoms with van der Waals surface area (Å²) in [5, 5.41) is 0. The number of benzene rings is 2. The number of hydrogen-bond acceptors (Lipinski definition) is 6. The van der Waals surface area contributed by atoms with Crippen molar-refractivity contribution in [3.8, 4) is 17.0 Å². The molecular weight excluding hydrogens is 444 g/mol. The molecule has 0 radical (unpaired) electrons. The highest BCUT2D eigenvalue weighted by Gasteiger charge is 2.27. The summed E-state index contributed by atoms with van der Waals surface area (Å²) in [5.74, 6) is 0.00134. The largest absolute Gasteiger partial charge is 0.492 e. The van der Waals surface area contributed by atoms with Crippen molar-refractivity contribution in [2.24, 2.45) is 5.73 Å². The fraction of sp³-hybridized carbons (Fsp3) is 0.231. The van der Waals surface area contributed by atoms with Crippen LogP contribution in [0.4, 0.5) is 5.69 Å². The van der Waals surface area contributed by atoms with Crippen LogP contribution in [0.25, 0.3) is 16.9 Å². The molecular formula is C26H26N6O3. The first-order valence-electron chi connectivity index (χ1n) is 11.6. The number of nitrogens with zero attached hydrogens (tertiary/aromatic N) is 5. The van der Waals surface area contributed by atoms with E-state index < -0.39 is 5.91 Å². The summed E-state index contributed by atoms with van der Waals surface area (Å²) in [4.78, 5) is 38.4. The summed E-state index contributed by atoms with van der Waals surface area (Å²) in [5.41, 5.74) is 8.65. The topological polar surface area (TPSA) is 106 Å². The zero-order valence-corrected chi connectivity index (χ0v) is 19.4. The number of aromatic nitrogens is 3. The summed E-state index contributed by atoms with van der Waals surface area (Å²) >= 11 is 0. The number of imidazole rings is 1. The molecule has 0 spiro atoms. The Morgan fingerprint density at radius 1 is 1.00 bits per heavy atom. The van der Waals surface area contributed by atoms with Crippen molar-refractivity contribution in [3.05, 3.63) is 78.4 Å². The van der Waals surface area contributed by atoms with Crippen molar-refractivity contribution in [3.63, 3.8) is 0 Å². The van der Waals surface area contributed by atoms with Crippen LogP contribution in [0.15, 0.2) is 67.0 Å². The molecule has 2 aromatic carbocycles. The van der Waals surface area contributed by atoms with E-state index in [1.807, 2.05) is 66.4 Å². The Morgan fingerprint density at radius 2 is 1.71 bits per heavy atom. The van der Waals surface area contributed by atoms with Crippen LogP contribution in [0.5, 0.6) is 5.75 Å². The molecule has 0 bridgehead atoms. The quantitative estimate of drug-likeness (QED) is 0.465. The number of primary amides is 1. The number of anilines is 1. The molecule has 9 nitrogen and oxygen atoms in total. The number of nitrogens with two attached hydrogens (primary N) is 1. The number of para-hydroxylation sites is 2. The van der Waals surface area contributed by atoms with Crippen molar-refractivity contribution in [1.29, 1.82) is 0 Å². The van der Waals surface area contributed by atoms with E-state index >= 15 is 0 Å². The molecule has 0 saturated carbocycles. The molecule has 4 aromatic rings. The highest BCUT2D eigenvalue weighted by molar-refractivity contribution is 5.99. The summed E-state index contributed by atoms with van der Waals surface area (Å²) < 4.78 is 7.33. The standard InChI is InChI=1S/C26H26N6O3/c1-2-35-22-11-7-6-10-20(22)30-12-14-31(15-13-30)26(34)21-16-19(18-8-4-3-5-9-18)29-25-23(24(27)33)28-17-32(21)25/h3-11,16-17H,2,12-15H2,1H3,(H2,27,33). The Balaban J connectivity index is 1.45. The van der Waals surface area contributed by atoms with Crippen LogP contribution in [-0.4, -0.2) is 63.9 Å². The molecule has 1 saturated heterocycles. The predicted octanol–water partition coefficient (Wildman–Crippen LogP) is 2.86. The van der Waals surface area contributed by atoms with Crippen molar-refractivity contribution in [1.82, 2.24) is 19.3 Å². The third-order valence-corrected chi connectivity index (χ3v) is 6.10. The molecule has 1 fully saturated rings. The van der Waals surface area contributed by atoms with E-state index in [0.29, 0.717) is 44.2 Å². The van der Waals surface area contributed by atoms with E-state index in [2.05, 4.69) is 14.9 Å². The Morgan fingerprint density at radius 3 is 2.43 bits per heavy atom. The van der Waals surface area contributed by atoms with Gasteiger partial charge in [0.25, 0.3) is 11.8 Å².